The van der Waals surface area contributed by atoms with Gasteiger partial charge in [0.25, 0.3) is 5.56 Å². The Kier molecular flexibility index (Phi) is 3.66. The van der Waals surface area contributed by atoms with Crippen LogP contribution in [0.1, 0.15) is 18.9 Å². The van der Waals surface area contributed by atoms with Crippen molar-refractivity contribution in [2.45, 2.75) is 19.8 Å². The summed E-state index contributed by atoms with van der Waals surface area (Å²) in [5.74, 6) is 0.103. The van der Waals surface area contributed by atoms with Crippen LogP contribution in [0, 0.1) is 0 Å². The quantitative estimate of drug-likeness (QED) is 0.874. The van der Waals surface area contributed by atoms with Crippen LogP contribution in [0.15, 0.2) is 33.5 Å². The molecule has 0 saturated heterocycles. The highest BCUT2D eigenvalue weighted by molar-refractivity contribution is 9.10. The average Bonchev–Trinajstić information content (AvgIpc) is 2.31. The molecule has 4 heteroatoms. The van der Waals surface area contributed by atoms with Crippen molar-refractivity contribution in [3.05, 3.63) is 44.7 Å². The first kappa shape index (κ1) is 13.0. The Balaban J connectivity index is 2.61. The highest BCUT2D eigenvalue weighted by Crippen LogP contribution is 2.22. The summed E-state index contributed by atoms with van der Waals surface area (Å²) < 4.78 is 2.53. The number of aryl methyl sites for hydroxylation is 2. The maximum absolute atomic E-state index is 12.2. The number of rotatable bonds is 3. The minimum atomic E-state index is -0.0318. The molecule has 0 atom stereocenters. The fourth-order valence-electron chi connectivity index (χ4n) is 2.06. The number of hydrogen-bond donors (Lipinski definition) is 0. The molecule has 94 valence electrons. The van der Waals surface area contributed by atoms with Gasteiger partial charge in [-0.1, -0.05) is 12.1 Å². The van der Waals surface area contributed by atoms with Gasteiger partial charge in [0.2, 0.25) is 0 Å². The molecular weight excluding hydrogens is 294 g/mol. The zero-order valence-electron chi connectivity index (χ0n) is 10.4. The molecule has 1 heterocycles. The normalized spacial score (nSPS) is 10.8. The van der Waals surface area contributed by atoms with Crippen LogP contribution in [0.3, 0.4) is 0 Å². The maximum atomic E-state index is 12.2. The van der Waals surface area contributed by atoms with Crippen LogP contribution in [-0.4, -0.2) is 10.4 Å². The third-order valence-electron chi connectivity index (χ3n) is 3.01. The summed E-state index contributed by atoms with van der Waals surface area (Å²) in [6.07, 6.45) is 0.916. The van der Waals surface area contributed by atoms with Crippen molar-refractivity contribution < 1.29 is 4.79 Å². The van der Waals surface area contributed by atoms with Crippen LogP contribution >= 0.6 is 15.9 Å². The first-order chi connectivity index (χ1) is 8.50. The maximum Gasteiger partial charge on any atom is 0.254 e. The zero-order valence-corrected chi connectivity index (χ0v) is 12.0. The van der Waals surface area contributed by atoms with Gasteiger partial charge < -0.3 is 9.36 Å². The molecule has 3 nitrogen and oxygen atoms in total. The molecule has 0 radical (unpaired) electrons. The topological polar surface area (TPSA) is 39.1 Å². The number of aromatic nitrogens is 1. The third-order valence-corrected chi connectivity index (χ3v) is 3.65. The van der Waals surface area contributed by atoms with E-state index in [0.29, 0.717) is 18.4 Å². The van der Waals surface area contributed by atoms with Crippen LogP contribution in [0.5, 0.6) is 0 Å². The molecule has 2 rings (SSSR count). The Morgan fingerprint density at radius 2 is 2.11 bits per heavy atom. The molecule has 0 unspecified atom stereocenters. The van der Waals surface area contributed by atoms with Gasteiger partial charge in [-0.3, -0.25) is 4.79 Å². The molecule has 0 saturated carbocycles. The molecular formula is C14H14BrNO2. The van der Waals surface area contributed by atoms with E-state index in [-0.39, 0.29) is 11.3 Å². The van der Waals surface area contributed by atoms with Crippen LogP contribution in [0.2, 0.25) is 0 Å². The number of carbonyl (C=O) groups excluding carboxylic acids is 1. The Labute approximate surface area is 114 Å². The van der Waals surface area contributed by atoms with E-state index < -0.39 is 0 Å². The number of ketones is 1. The minimum Gasteiger partial charge on any atom is -0.310 e. The van der Waals surface area contributed by atoms with Crippen LogP contribution in [-0.2, 0) is 18.3 Å². The van der Waals surface area contributed by atoms with Crippen LogP contribution in [0.25, 0.3) is 10.9 Å². The average molecular weight is 308 g/mol. The van der Waals surface area contributed by atoms with Gasteiger partial charge in [0.1, 0.15) is 5.78 Å². The summed E-state index contributed by atoms with van der Waals surface area (Å²) in [7, 11) is 1.76. The second-order valence-electron chi connectivity index (χ2n) is 4.41. The second-order valence-corrected chi connectivity index (χ2v) is 5.27. The predicted octanol–water partition coefficient (Wildman–Crippen LogP) is 2.82. The largest absolute Gasteiger partial charge is 0.310 e. The number of fused-ring (bicyclic) bond motifs is 1. The molecule has 0 amide bonds. The number of nitrogens with zero attached hydrogens (tertiary/aromatic N) is 1. The lowest BCUT2D eigenvalue weighted by atomic mass is 10.1. The minimum absolute atomic E-state index is 0.0318. The van der Waals surface area contributed by atoms with Crippen molar-refractivity contribution in [1.29, 1.82) is 0 Å². The Bertz CT molecular complexity index is 673. The number of benzene rings is 1. The summed E-state index contributed by atoms with van der Waals surface area (Å²) in [4.78, 5) is 23.2. The number of carbonyl (C=O) groups is 1. The van der Waals surface area contributed by atoms with E-state index in [9.17, 15) is 9.59 Å². The number of halogens is 1. The van der Waals surface area contributed by atoms with Gasteiger partial charge in [-0.05, 0) is 46.8 Å². The lowest BCUT2D eigenvalue weighted by Crippen LogP contribution is -2.22. The van der Waals surface area contributed by atoms with Crippen molar-refractivity contribution in [2.24, 2.45) is 7.05 Å². The predicted molar refractivity (Wildman–Crippen MR) is 75.9 cm³/mol. The van der Waals surface area contributed by atoms with E-state index >= 15 is 0 Å². The fraction of sp³-hybridized carbons (Fsp3) is 0.286. The van der Waals surface area contributed by atoms with Crippen molar-refractivity contribution in [3.8, 4) is 0 Å². The molecule has 0 aliphatic heterocycles. The number of para-hydroxylation sites is 1. The van der Waals surface area contributed by atoms with Gasteiger partial charge in [0.15, 0.2) is 0 Å². The van der Waals surface area contributed by atoms with E-state index in [0.717, 1.165) is 15.4 Å². The Hall–Kier alpha value is -1.42. The lowest BCUT2D eigenvalue weighted by molar-refractivity contribution is -0.116. The van der Waals surface area contributed by atoms with Gasteiger partial charge in [-0.25, -0.2) is 0 Å². The number of pyridine rings is 1. The highest BCUT2D eigenvalue weighted by atomic mass is 79.9. The standard InChI is InChI=1S/C14H14BrNO2/c1-9(17)6-7-11-8-10-4-3-5-12(15)13(10)16(2)14(11)18/h3-5,8H,6-7H2,1-2H3. The summed E-state index contributed by atoms with van der Waals surface area (Å²) >= 11 is 3.45. The first-order valence-corrected chi connectivity index (χ1v) is 6.56. The number of Topliss-reactive ketones (excluding diaryl/α,β-unsaturated/α-hetero) is 1. The number of hydrogen-bond acceptors (Lipinski definition) is 2. The van der Waals surface area contributed by atoms with Gasteiger partial charge in [-0.15, -0.1) is 0 Å². The first-order valence-electron chi connectivity index (χ1n) is 5.77. The van der Waals surface area contributed by atoms with Crippen LogP contribution in [0.4, 0.5) is 0 Å². The molecule has 0 spiro atoms. The molecule has 0 aliphatic carbocycles. The molecule has 18 heavy (non-hydrogen) atoms. The molecule has 0 N–H and O–H groups in total. The molecule has 1 aromatic heterocycles. The molecule has 1 aromatic carbocycles. The summed E-state index contributed by atoms with van der Waals surface area (Å²) in [6.45, 7) is 1.54. The van der Waals surface area contributed by atoms with Crippen molar-refractivity contribution in [2.75, 3.05) is 0 Å². The van der Waals surface area contributed by atoms with Crippen molar-refractivity contribution in [1.82, 2.24) is 4.57 Å². The van der Waals surface area contributed by atoms with E-state index in [4.69, 9.17) is 0 Å². The van der Waals surface area contributed by atoms with E-state index in [1.165, 1.54) is 0 Å². The second kappa shape index (κ2) is 5.06. The van der Waals surface area contributed by atoms with E-state index in [1.54, 1.807) is 18.5 Å². The highest BCUT2D eigenvalue weighted by Gasteiger charge is 2.09. The monoisotopic (exact) mass is 307 g/mol. The van der Waals surface area contributed by atoms with Crippen molar-refractivity contribution >= 4 is 32.6 Å². The molecule has 2 aromatic rings. The summed E-state index contributed by atoms with van der Waals surface area (Å²) in [6, 6.07) is 7.70. The van der Waals surface area contributed by atoms with E-state index in [2.05, 4.69) is 15.9 Å². The Morgan fingerprint density at radius 3 is 2.78 bits per heavy atom. The smallest absolute Gasteiger partial charge is 0.254 e. The van der Waals surface area contributed by atoms with Gasteiger partial charge in [0, 0.05) is 23.5 Å². The summed E-state index contributed by atoms with van der Waals surface area (Å²) in [5, 5.41) is 1.00. The molecule has 0 aliphatic rings. The third kappa shape index (κ3) is 2.38. The van der Waals surface area contributed by atoms with E-state index in [1.807, 2.05) is 24.3 Å². The van der Waals surface area contributed by atoms with Gasteiger partial charge in [-0.2, -0.15) is 0 Å². The fourth-order valence-corrected chi connectivity index (χ4v) is 2.71. The van der Waals surface area contributed by atoms with Crippen LogP contribution < -0.4 is 5.56 Å². The Morgan fingerprint density at radius 1 is 1.39 bits per heavy atom. The van der Waals surface area contributed by atoms with Crippen molar-refractivity contribution in [3.63, 3.8) is 0 Å². The molecule has 0 fully saturated rings. The van der Waals surface area contributed by atoms with Gasteiger partial charge >= 0.3 is 0 Å². The molecule has 0 bridgehead atoms. The SMILES string of the molecule is CC(=O)CCc1cc2cccc(Br)c2n(C)c1=O. The zero-order chi connectivity index (χ0) is 13.3. The lowest BCUT2D eigenvalue weighted by Gasteiger charge is -2.09. The summed E-state index contributed by atoms with van der Waals surface area (Å²) in [5.41, 5.74) is 1.54. The van der Waals surface area contributed by atoms with Gasteiger partial charge in [0.05, 0.1) is 5.52 Å².